The summed E-state index contributed by atoms with van der Waals surface area (Å²) in [4.78, 5) is 42.3. The minimum atomic E-state index is -0.741. The Morgan fingerprint density at radius 2 is 1.38 bits per heavy atom. The van der Waals surface area contributed by atoms with Crippen molar-refractivity contribution < 1.29 is 23.9 Å². The summed E-state index contributed by atoms with van der Waals surface area (Å²) in [6.07, 6.45) is 1.45. The normalized spacial score (nSPS) is 13.9. The van der Waals surface area contributed by atoms with Gasteiger partial charge in [-0.1, -0.05) is 36.4 Å². The lowest BCUT2D eigenvalue weighted by atomic mass is 10.0. The number of hydrogen-bond donors (Lipinski definition) is 0. The quantitative estimate of drug-likeness (QED) is 0.319. The van der Waals surface area contributed by atoms with E-state index in [9.17, 15) is 14.4 Å². The van der Waals surface area contributed by atoms with Gasteiger partial charge < -0.3 is 9.47 Å². The number of nitrogens with zero attached hydrogens (tertiary/aromatic N) is 2. The largest absolute Gasteiger partial charge is 0.493 e. The average Bonchev–Trinajstić information content (AvgIpc) is 2.84. The molecule has 34 heavy (non-hydrogen) atoms. The third kappa shape index (κ3) is 4.32. The summed E-state index contributed by atoms with van der Waals surface area (Å²) >= 11 is 3.46. The number of anilines is 2. The summed E-state index contributed by atoms with van der Waals surface area (Å²) in [5.74, 6) is -0.468. The molecule has 1 aliphatic heterocycles. The average molecular weight is 521 g/mol. The number of halogens is 1. The fraction of sp³-hybridized carbons (Fsp3) is 0.115. The van der Waals surface area contributed by atoms with Gasteiger partial charge >= 0.3 is 6.03 Å². The van der Waals surface area contributed by atoms with Crippen LogP contribution in [-0.2, 0) is 9.59 Å². The molecule has 3 aromatic rings. The highest BCUT2D eigenvalue weighted by atomic mass is 79.9. The molecule has 3 aromatic carbocycles. The molecule has 1 aliphatic rings. The first-order valence-electron chi connectivity index (χ1n) is 10.5. The van der Waals surface area contributed by atoms with Gasteiger partial charge in [-0.25, -0.2) is 14.6 Å². The number of hydrogen-bond acceptors (Lipinski definition) is 5. The number of barbiturate groups is 1. The Morgan fingerprint density at radius 3 is 1.85 bits per heavy atom. The molecule has 1 fully saturated rings. The first-order chi connectivity index (χ1) is 16.5. The molecular weight excluding hydrogens is 500 g/mol. The fourth-order valence-corrected chi connectivity index (χ4v) is 4.19. The second-order valence-electron chi connectivity index (χ2n) is 7.26. The maximum absolute atomic E-state index is 13.5. The first kappa shape index (κ1) is 23.3. The Hall–Kier alpha value is -3.91. The van der Waals surface area contributed by atoms with E-state index < -0.39 is 17.8 Å². The van der Waals surface area contributed by atoms with Crippen LogP contribution < -0.4 is 19.3 Å². The van der Waals surface area contributed by atoms with Crippen molar-refractivity contribution in [2.45, 2.75) is 6.92 Å². The number of ether oxygens (including phenoxy) is 2. The van der Waals surface area contributed by atoms with Crippen molar-refractivity contribution >= 4 is 51.2 Å². The van der Waals surface area contributed by atoms with E-state index in [2.05, 4.69) is 15.9 Å². The molecule has 1 heterocycles. The summed E-state index contributed by atoms with van der Waals surface area (Å²) in [6, 6.07) is 19.7. The number of imide groups is 2. The van der Waals surface area contributed by atoms with Crippen LogP contribution in [-0.4, -0.2) is 31.6 Å². The van der Waals surface area contributed by atoms with Gasteiger partial charge in [-0.2, -0.15) is 0 Å². The van der Waals surface area contributed by atoms with Crippen LogP contribution in [0.1, 0.15) is 12.5 Å². The maximum atomic E-state index is 13.5. The molecule has 0 atom stereocenters. The van der Waals surface area contributed by atoms with Gasteiger partial charge in [0.25, 0.3) is 11.8 Å². The molecule has 1 saturated heterocycles. The van der Waals surface area contributed by atoms with Gasteiger partial charge in [-0.15, -0.1) is 0 Å². The number of carbonyl (C=O) groups excluding carboxylic acids is 3. The van der Waals surface area contributed by atoms with Crippen molar-refractivity contribution in [3.63, 3.8) is 0 Å². The number of amides is 4. The molecule has 0 unspecified atom stereocenters. The highest BCUT2D eigenvalue weighted by Crippen LogP contribution is 2.38. The van der Waals surface area contributed by atoms with Gasteiger partial charge in [-0.3, -0.25) is 9.59 Å². The lowest BCUT2D eigenvalue weighted by Crippen LogP contribution is -2.57. The van der Waals surface area contributed by atoms with E-state index in [-0.39, 0.29) is 5.57 Å². The van der Waals surface area contributed by atoms with E-state index in [0.29, 0.717) is 39.5 Å². The maximum Gasteiger partial charge on any atom is 0.343 e. The van der Waals surface area contributed by atoms with Gasteiger partial charge in [0.2, 0.25) is 0 Å². The molecule has 0 spiro atoms. The molecule has 7 nitrogen and oxygen atoms in total. The van der Waals surface area contributed by atoms with Crippen molar-refractivity contribution in [3.05, 3.63) is 88.4 Å². The zero-order chi connectivity index (χ0) is 24.2. The predicted molar refractivity (Wildman–Crippen MR) is 133 cm³/mol. The minimum Gasteiger partial charge on any atom is -0.493 e. The van der Waals surface area contributed by atoms with Crippen molar-refractivity contribution in [2.75, 3.05) is 23.5 Å². The minimum absolute atomic E-state index is 0.162. The van der Waals surface area contributed by atoms with E-state index in [1.165, 1.54) is 13.2 Å². The SMILES string of the molecule is CCOc1c(Br)cc(C=C2C(=O)N(c3ccccc3)C(=O)N(c3ccccc3)C2=O)cc1OC. The summed E-state index contributed by atoms with van der Waals surface area (Å²) in [6.45, 7) is 2.29. The number of para-hydroxylation sites is 2. The Morgan fingerprint density at radius 1 is 0.853 bits per heavy atom. The third-order valence-corrected chi connectivity index (χ3v) is 5.72. The summed E-state index contributed by atoms with van der Waals surface area (Å²) in [5, 5.41) is 0. The van der Waals surface area contributed by atoms with Crippen molar-refractivity contribution in [1.82, 2.24) is 0 Å². The van der Waals surface area contributed by atoms with E-state index in [1.807, 2.05) is 6.92 Å². The number of carbonyl (C=O) groups is 3. The highest BCUT2D eigenvalue weighted by Gasteiger charge is 2.43. The number of urea groups is 1. The Bertz CT molecular complexity index is 1210. The lowest BCUT2D eigenvalue weighted by molar-refractivity contribution is -0.121. The van der Waals surface area contributed by atoms with Crippen molar-refractivity contribution in [1.29, 1.82) is 0 Å². The lowest BCUT2D eigenvalue weighted by Gasteiger charge is -2.34. The Labute approximate surface area is 205 Å². The number of benzene rings is 3. The standard InChI is InChI=1S/C26H21BrN2O5/c1-3-34-23-21(27)15-17(16-22(23)33-2)14-20-24(30)28(18-10-6-4-7-11-18)26(32)29(25(20)31)19-12-8-5-9-13-19/h4-16H,3H2,1-2H3. The monoisotopic (exact) mass is 520 g/mol. The van der Waals surface area contributed by atoms with E-state index in [4.69, 9.17) is 9.47 Å². The third-order valence-electron chi connectivity index (χ3n) is 5.13. The summed E-state index contributed by atoms with van der Waals surface area (Å²) < 4.78 is 11.7. The van der Waals surface area contributed by atoms with Gasteiger partial charge in [-0.05, 0) is 70.9 Å². The molecule has 0 aliphatic carbocycles. The van der Waals surface area contributed by atoms with Crippen molar-refractivity contribution in [3.8, 4) is 11.5 Å². The highest BCUT2D eigenvalue weighted by molar-refractivity contribution is 9.10. The molecule has 172 valence electrons. The molecule has 0 bridgehead atoms. The van der Waals surface area contributed by atoms with Crippen LogP contribution in [0, 0.1) is 0 Å². The van der Waals surface area contributed by atoms with Crippen LogP contribution in [0.5, 0.6) is 11.5 Å². The van der Waals surface area contributed by atoms with Crippen LogP contribution in [0.4, 0.5) is 16.2 Å². The van der Waals surface area contributed by atoms with Crippen LogP contribution in [0.3, 0.4) is 0 Å². The zero-order valence-corrected chi connectivity index (χ0v) is 20.1. The van der Waals surface area contributed by atoms with Crippen molar-refractivity contribution in [2.24, 2.45) is 0 Å². The second-order valence-corrected chi connectivity index (χ2v) is 8.11. The van der Waals surface area contributed by atoms with Crippen LogP contribution in [0.25, 0.3) is 6.08 Å². The molecular formula is C26H21BrN2O5. The molecule has 0 saturated carbocycles. The molecule has 8 heteroatoms. The molecule has 0 N–H and O–H groups in total. The second kappa shape index (κ2) is 9.93. The molecule has 0 aromatic heterocycles. The van der Waals surface area contributed by atoms with Crippen LogP contribution in [0.2, 0.25) is 0 Å². The van der Waals surface area contributed by atoms with Gasteiger partial charge in [0.05, 0.1) is 29.6 Å². The Kier molecular flexibility index (Phi) is 6.79. The first-order valence-corrected chi connectivity index (χ1v) is 11.3. The van der Waals surface area contributed by atoms with Crippen LogP contribution in [0.15, 0.2) is 82.8 Å². The van der Waals surface area contributed by atoms with Gasteiger partial charge in [0, 0.05) is 0 Å². The van der Waals surface area contributed by atoms with E-state index >= 15 is 0 Å². The zero-order valence-electron chi connectivity index (χ0n) is 18.5. The predicted octanol–water partition coefficient (Wildman–Crippen LogP) is 5.44. The molecule has 4 amide bonds. The number of methoxy groups -OCH3 is 1. The topological polar surface area (TPSA) is 76.2 Å². The van der Waals surface area contributed by atoms with E-state index in [0.717, 1.165) is 9.80 Å². The fourth-order valence-electron chi connectivity index (χ4n) is 3.61. The molecule has 4 rings (SSSR count). The van der Waals surface area contributed by atoms with Gasteiger partial charge in [0.1, 0.15) is 5.57 Å². The summed E-state index contributed by atoms with van der Waals surface area (Å²) in [7, 11) is 1.51. The summed E-state index contributed by atoms with van der Waals surface area (Å²) in [5.41, 5.74) is 1.09. The van der Waals surface area contributed by atoms with E-state index in [1.54, 1.807) is 72.8 Å². The van der Waals surface area contributed by atoms with Gasteiger partial charge in [0.15, 0.2) is 11.5 Å². The Balaban J connectivity index is 1.86. The number of rotatable bonds is 6. The smallest absolute Gasteiger partial charge is 0.343 e. The molecule has 0 radical (unpaired) electrons. The van der Waals surface area contributed by atoms with Crippen LogP contribution >= 0.6 is 15.9 Å².